The van der Waals surface area contributed by atoms with Gasteiger partial charge in [-0.1, -0.05) is 170 Å². The van der Waals surface area contributed by atoms with Crippen LogP contribution in [0.2, 0.25) is 0 Å². The van der Waals surface area contributed by atoms with Crippen LogP contribution >= 0.6 is 0 Å². The minimum atomic E-state index is 1.10. The lowest BCUT2D eigenvalue weighted by Crippen LogP contribution is -2.10. The van der Waals surface area contributed by atoms with Gasteiger partial charge >= 0.3 is 0 Å². The summed E-state index contributed by atoms with van der Waals surface area (Å²) >= 11 is 0. The summed E-state index contributed by atoms with van der Waals surface area (Å²) in [5.41, 5.74) is 14.1. The van der Waals surface area contributed by atoms with Crippen LogP contribution in [0.1, 0.15) is 0 Å². The maximum absolute atomic E-state index is 2.41. The lowest BCUT2D eigenvalue weighted by atomic mass is 9.98. The first-order chi connectivity index (χ1) is 28.8. The first-order valence-electron chi connectivity index (χ1n) is 19.9. The Bertz CT molecular complexity index is 3230. The summed E-state index contributed by atoms with van der Waals surface area (Å²) in [6, 6.07) is 83.6. The van der Waals surface area contributed by atoms with E-state index in [1.807, 2.05) is 0 Å². The molecule has 272 valence electrons. The van der Waals surface area contributed by atoms with Crippen molar-refractivity contribution in [3.05, 3.63) is 231 Å². The van der Waals surface area contributed by atoms with Gasteiger partial charge in [-0.25, -0.2) is 0 Å². The lowest BCUT2D eigenvalue weighted by molar-refractivity contribution is 1.18. The van der Waals surface area contributed by atoms with E-state index in [1.165, 1.54) is 76.7 Å². The van der Waals surface area contributed by atoms with E-state index in [4.69, 9.17) is 0 Å². The molecule has 1 aromatic heterocycles. The maximum Gasteiger partial charge on any atom is 0.0546 e. The molecule has 2 heteroatoms. The fraction of sp³-hybridized carbons (Fsp3) is 0. The van der Waals surface area contributed by atoms with E-state index in [2.05, 4.69) is 240 Å². The minimum Gasteiger partial charge on any atom is -0.310 e. The van der Waals surface area contributed by atoms with E-state index in [9.17, 15) is 0 Å². The van der Waals surface area contributed by atoms with Gasteiger partial charge in [-0.2, -0.15) is 0 Å². The summed E-state index contributed by atoms with van der Waals surface area (Å²) in [7, 11) is 0. The van der Waals surface area contributed by atoms with E-state index in [0.717, 1.165) is 22.7 Å². The third kappa shape index (κ3) is 5.82. The van der Waals surface area contributed by atoms with E-state index in [-0.39, 0.29) is 0 Å². The molecule has 0 fully saturated rings. The third-order valence-electron chi connectivity index (χ3n) is 11.6. The largest absolute Gasteiger partial charge is 0.310 e. The van der Waals surface area contributed by atoms with Crippen molar-refractivity contribution in [2.75, 3.05) is 4.90 Å². The predicted octanol–water partition coefficient (Wildman–Crippen LogP) is 15.6. The molecule has 0 N–H and O–H groups in total. The smallest absolute Gasteiger partial charge is 0.0546 e. The van der Waals surface area contributed by atoms with Crippen molar-refractivity contribution < 1.29 is 0 Å². The van der Waals surface area contributed by atoms with Crippen molar-refractivity contribution in [3.63, 3.8) is 0 Å². The molecule has 0 radical (unpaired) electrons. The summed E-state index contributed by atoms with van der Waals surface area (Å²) in [4.78, 5) is 2.41. The molecule has 0 atom stereocenters. The predicted molar refractivity (Wildman–Crippen MR) is 247 cm³/mol. The second-order valence-corrected chi connectivity index (χ2v) is 15.0. The highest BCUT2D eigenvalue weighted by atomic mass is 15.1. The van der Waals surface area contributed by atoms with Gasteiger partial charge < -0.3 is 9.47 Å². The molecule has 0 saturated heterocycles. The first-order valence-corrected chi connectivity index (χ1v) is 19.9. The van der Waals surface area contributed by atoms with Crippen molar-refractivity contribution in [2.24, 2.45) is 0 Å². The fourth-order valence-electron chi connectivity index (χ4n) is 8.75. The molecule has 0 unspecified atom stereocenters. The zero-order chi connectivity index (χ0) is 38.4. The Kier molecular flexibility index (Phi) is 8.19. The molecule has 1 heterocycles. The number of hydrogen-bond acceptors (Lipinski definition) is 1. The average Bonchev–Trinajstić information content (AvgIpc) is 3.64. The van der Waals surface area contributed by atoms with Crippen LogP contribution in [0.4, 0.5) is 17.1 Å². The Morgan fingerprint density at radius 3 is 1.45 bits per heavy atom. The molecule has 10 aromatic carbocycles. The standard InChI is InChI=1S/C56H38N2/c1-3-12-39(13-4-1)41-24-31-47(32-25-41)57(55-21-11-17-45-23-22-44-16-7-8-18-50(44)56(45)55)48-33-28-43(29-34-48)46-30-37-54-52(38-46)51-19-9-10-20-53(51)58(54)49-35-26-42(27-36-49)40-14-5-2-6-15-40/h1-38H. The molecule has 0 aliphatic heterocycles. The van der Waals surface area contributed by atoms with E-state index in [1.54, 1.807) is 0 Å². The Hall–Kier alpha value is -7.68. The molecule has 11 rings (SSSR count). The topological polar surface area (TPSA) is 8.17 Å². The average molecular weight is 739 g/mol. The SMILES string of the molecule is c1ccc(-c2ccc(N(c3ccc(-c4ccc5c(c4)c4ccccc4n5-c4ccc(-c5ccccc5)cc4)cc3)c3cccc4ccc5ccccc5c34)cc2)cc1. The number of fused-ring (bicyclic) bond motifs is 6. The summed E-state index contributed by atoms with van der Waals surface area (Å²) in [6.07, 6.45) is 0. The molecular formula is C56H38N2. The van der Waals surface area contributed by atoms with Crippen molar-refractivity contribution in [1.29, 1.82) is 0 Å². The van der Waals surface area contributed by atoms with Gasteiger partial charge in [-0.3, -0.25) is 0 Å². The zero-order valence-electron chi connectivity index (χ0n) is 31.8. The Morgan fingerprint density at radius 2 is 0.776 bits per heavy atom. The van der Waals surface area contributed by atoms with Crippen LogP contribution in [0.5, 0.6) is 0 Å². The highest BCUT2D eigenvalue weighted by molar-refractivity contribution is 6.15. The highest BCUT2D eigenvalue weighted by Gasteiger charge is 2.18. The number of rotatable bonds is 7. The number of aromatic nitrogens is 1. The van der Waals surface area contributed by atoms with Crippen molar-refractivity contribution in [2.45, 2.75) is 0 Å². The normalized spacial score (nSPS) is 11.4. The summed E-state index contributed by atoms with van der Waals surface area (Å²) in [5, 5.41) is 7.44. The third-order valence-corrected chi connectivity index (χ3v) is 11.6. The molecule has 58 heavy (non-hydrogen) atoms. The van der Waals surface area contributed by atoms with E-state index in [0.29, 0.717) is 0 Å². The van der Waals surface area contributed by atoms with Gasteiger partial charge in [0.2, 0.25) is 0 Å². The van der Waals surface area contributed by atoms with Crippen molar-refractivity contribution in [1.82, 2.24) is 4.57 Å². The molecule has 0 aliphatic carbocycles. The summed E-state index contributed by atoms with van der Waals surface area (Å²) in [5.74, 6) is 0. The van der Waals surface area contributed by atoms with Crippen molar-refractivity contribution in [3.8, 4) is 39.1 Å². The fourth-order valence-corrected chi connectivity index (χ4v) is 8.75. The van der Waals surface area contributed by atoms with Crippen LogP contribution in [-0.4, -0.2) is 4.57 Å². The molecule has 11 aromatic rings. The van der Waals surface area contributed by atoms with Crippen LogP contribution in [0.3, 0.4) is 0 Å². The Balaban J connectivity index is 1.01. The number of anilines is 3. The van der Waals surface area contributed by atoms with E-state index >= 15 is 0 Å². The molecule has 0 amide bonds. The van der Waals surface area contributed by atoms with Crippen LogP contribution < -0.4 is 4.90 Å². The second kappa shape index (κ2) is 14.1. The molecule has 0 aliphatic rings. The van der Waals surface area contributed by atoms with Gasteiger partial charge in [0.05, 0.1) is 16.7 Å². The first kappa shape index (κ1) is 33.6. The monoisotopic (exact) mass is 738 g/mol. The number of benzene rings is 10. The number of hydrogen-bond donors (Lipinski definition) is 0. The Morgan fingerprint density at radius 1 is 0.293 bits per heavy atom. The van der Waals surface area contributed by atoms with Gasteiger partial charge in [0, 0.05) is 33.2 Å². The van der Waals surface area contributed by atoms with Crippen LogP contribution in [0, 0.1) is 0 Å². The van der Waals surface area contributed by atoms with Crippen LogP contribution in [0.15, 0.2) is 231 Å². The van der Waals surface area contributed by atoms with Gasteiger partial charge in [0.15, 0.2) is 0 Å². The number of para-hydroxylation sites is 1. The molecule has 2 nitrogen and oxygen atoms in total. The lowest BCUT2D eigenvalue weighted by Gasteiger charge is -2.28. The minimum absolute atomic E-state index is 1.10. The van der Waals surface area contributed by atoms with E-state index < -0.39 is 0 Å². The highest BCUT2D eigenvalue weighted by Crippen LogP contribution is 2.43. The molecule has 0 bridgehead atoms. The maximum atomic E-state index is 2.41. The zero-order valence-corrected chi connectivity index (χ0v) is 31.8. The second-order valence-electron chi connectivity index (χ2n) is 15.0. The van der Waals surface area contributed by atoms with Crippen LogP contribution in [-0.2, 0) is 0 Å². The van der Waals surface area contributed by atoms with Crippen molar-refractivity contribution >= 4 is 60.4 Å². The quantitative estimate of drug-likeness (QED) is 0.148. The molecular weight excluding hydrogens is 701 g/mol. The summed E-state index contributed by atoms with van der Waals surface area (Å²) < 4.78 is 2.39. The Labute approximate surface area is 338 Å². The summed E-state index contributed by atoms with van der Waals surface area (Å²) in [6.45, 7) is 0. The van der Waals surface area contributed by atoms with Crippen LogP contribution in [0.25, 0.3) is 82.4 Å². The van der Waals surface area contributed by atoms with Gasteiger partial charge in [-0.05, 0) is 110 Å². The molecule has 0 spiro atoms. The van der Waals surface area contributed by atoms with Gasteiger partial charge in [0.25, 0.3) is 0 Å². The number of nitrogens with zero attached hydrogens (tertiary/aromatic N) is 2. The van der Waals surface area contributed by atoms with Gasteiger partial charge in [0.1, 0.15) is 0 Å². The van der Waals surface area contributed by atoms with Gasteiger partial charge in [-0.15, -0.1) is 0 Å². The molecule has 0 saturated carbocycles.